The Kier molecular flexibility index (Phi) is 3.36. The third-order valence-electron chi connectivity index (χ3n) is 3.52. The first-order chi connectivity index (χ1) is 8.09. The van der Waals surface area contributed by atoms with Gasteiger partial charge in [-0.1, -0.05) is 6.07 Å². The Balaban J connectivity index is 2.21. The van der Waals surface area contributed by atoms with Crippen molar-refractivity contribution in [2.24, 2.45) is 0 Å². The summed E-state index contributed by atoms with van der Waals surface area (Å²) in [6, 6.07) is 5.45. The van der Waals surface area contributed by atoms with Gasteiger partial charge in [-0.3, -0.25) is 4.79 Å². The predicted octanol–water partition coefficient (Wildman–Crippen LogP) is 2.72. The van der Waals surface area contributed by atoms with Gasteiger partial charge in [0.25, 0.3) is 5.91 Å². The summed E-state index contributed by atoms with van der Waals surface area (Å²) >= 11 is 0. The maximum absolute atomic E-state index is 12.3. The topological polar surface area (TPSA) is 40.5 Å². The number of aryl methyl sites for hydroxylation is 1. The zero-order chi connectivity index (χ0) is 12.4. The lowest BCUT2D eigenvalue weighted by Crippen LogP contribution is -2.42. The summed E-state index contributed by atoms with van der Waals surface area (Å²) in [6.45, 7) is 4.74. The number of hydrogen-bond donors (Lipinski definition) is 1. The molecule has 1 amide bonds. The third kappa shape index (κ3) is 2.43. The average molecular weight is 233 g/mol. The molecule has 3 heteroatoms. The molecule has 1 aliphatic rings. The molecule has 1 aromatic carbocycles. The van der Waals surface area contributed by atoms with Crippen molar-refractivity contribution in [1.29, 1.82) is 0 Å². The van der Waals surface area contributed by atoms with Crippen molar-refractivity contribution >= 4 is 5.91 Å². The quantitative estimate of drug-likeness (QED) is 0.810. The molecular formula is C14H19NO2. The van der Waals surface area contributed by atoms with E-state index in [9.17, 15) is 9.90 Å². The van der Waals surface area contributed by atoms with Crippen LogP contribution in [-0.2, 0) is 0 Å². The molecule has 0 aromatic heterocycles. The van der Waals surface area contributed by atoms with Gasteiger partial charge in [-0.25, -0.2) is 0 Å². The van der Waals surface area contributed by atoms with Crippen LogP contribution in [0.3, 0.4) is 0 Å². The van der Waals surface area contributed by atoms with Crippen LogP contribution in [0.2, 0.25) is 0 Å². The van der Waals surface area contributed by atoms with Gasteiger partial charge in [-0.05, 0) is 50.8 Å². The first kappa shape index (κ1) is 12.0. The fourth-order valence-electron chi connectivity index (χ4n) is 2.31. The minimum atomic E-state index is 0.0347. The fourth-order valence-corrected chi connectivity index (χ4v) is 2.31. The smallest absolute Gasteiger partial charge is 0.254 e. The second-order valence-electron chi connectivity index (χ2n) is 4.84. The molecule has 92 valence electrons. The molecule has 1 heterocycles. The van der Waals surface area contributed by atoms with Crippen molar-refractivity contribution in [2.75, 3.05) is 6.54 Å². The summed E-state index contributed by atoms with van der Waals surface area (Å²) in [4.78, 5) is 14.2. The maximum Gasteiger partial charge on any atom is 0.254 e. The molecule has 1 N–H and O–H groups in total. The van der Waals surface area contributed by atoms with Crippen LogP contribution in [0.15, 0.2) is 18.2 Å². The first-order valence-corrected chi connectivity index (χ1v) is 6.20. The number of benzene rings is 1. The molecule has 2 rings (SSSR count). The molecule has 1 aliphatic heterocycles. The van der Waals surface area contributed by atoms with Gasteiger partial charge < -0.3 is 10.0 Å². The Labute approximate surface area is 102 Å². The van der Waals surface area contributed by atoms with E-state index in [0.717, 1.165) is 24.9 Å². The molecule has 0 aliphatic carbocycles. The van der Waals surface area contributed by atoms with Gasteiger partial charge in [0.05, 0.1) is 0 Å². The molecule has 1 unspecified atom stereocenters. The van der Waals surface area contributed by atoms with Crippen molar-refractivity contribution in [3.8, 4) is 5.75 Å². The van der Waals surface area contributed by atoms with Gasteiger partial charge in [0, 0.05) is 18.2 Å². The lowest BCUT2D eigenvalue weighted by molar-refractivity contribution is 0.0635. The maximum atomic E-state index is 12.3. The van der Waals surface area contributed by atoms with E-state index in [0.29, 0.717) is 11.6 Å². The molecule has 0 spiro atoms. The highest BCUT2D eigenvalue weighted by atomic mass is 16.3. The predicted molar refractivity (Wildman–Crippen MR) is 67.2 cm³/mol. The van der Waals surface area contributed by atoms with Crippen LogP contribution < -0.4 is 0 Å². The van der Waals surface area contributed by atoms with E-state index in [1.807, 2.05) is 11.8 Å². The number of likely N-dealkylation sites (tertiary alicyclic amines) is 1. The molecule has 1 saturated heterocycles. The third-order valence-corrected chi connectivity index (χ3v) is 3.52. The normalized spacial score (nSPS) is 20.4. The van der Waals surface area contributed by atoms with Crippen molar-refractivity contribution in [2.45, 2.75) is 39.2 Å². The molecule has 1 fully saturated rings. The lowest BCUT2D eigenvalue weighted by atomic mass is 10.0. The molecule has 0 radical (unpaired) electrons. The number of piperidine rings is 1. The van der Waals surface area contributed by atoms with E-state index in [2.05, 4.69) is 6.92 Å². The van der Waals surface area contributed by atoms with Crippen LogP contribution in [0, 0.1) is 6.92 Å². The van der Waals surface area contributed by atoms with Crippen LogP contribution in [0.25, 0.3) is 0 Å². The Morgan fingerprint density at radius 2 is 2.18 bits per heavy atom. The Morgan fingerprint density at radius 1 is 1.41 bits per heavy atom. The Bertz CT molecular complexity index is 428. The monoisotopic (exact) mass is 233 g/mol. The van der Waals surface area contributed by atoms with Gasteiger partial charge in [-0.15, -0.1) is 0 Å². The van der Waals surface area contributed by atoms with E-state index in [4.69, 9.17) is 0 Å². The minimum absolute atomic E-state index is 0.0347. The van der Waals surface area contributed by atoms with Crippen LogP contribution in [-0.4, -0.2) is 28.5 Å². The first-order valence-electron chi connectivity index (χ1n) is 6.20. The highest BCUT2D eigenvalue weighted by Crippen LogP contribution is 2.22. The zero-order valence-electron chi connectivity index (χ0n) is 10.4. The molecule has 3 nitrogen and oxygen atoms in total. The second-order valence-corrected chi connectivity index (χ2v) is 4.84. The molecule has 0 saturated carbocycles. The number of amides is 1. The minimum Gasteiger partial charge on any atom is -0.508 e. The number of hydrogen-bond acceptors (Lipinski definition) is 2. The van der Waals surface area contributed by atoms with E-state index in [-0.39, 0.29) is 11.7 Å². The van der Waals surface area contributed by atoms with Crippen molar-refractivity contribution in [3.63, 3.8) is 0 Å². The zero-order valence-corrected chi connectivity index (χ0v) is 10.4. The molecule has 17 heavy (non-hydrogen) atoms. The number of carbonyl (C=O) groups excluding carboxylic acids is 1. The van der Waals surface area contributed by atoms with Crippen LogP contribution >= 0.6 is 0 Å². The molecular weight excluding hydrogens is 214 g/mol. The van der Waals surface area contributed by atoms with Gasteiger partial charge in [0.15, 0.2) is 0 Å². The number of rotatable bonds is 1. The van der Waals surface area contributed by atoms with Gasteiger partial charge >= 0.3 is 0 Å². The van der Waals surface area contributed by atoms with Crippen molar-refractivity contribution in [1.82, 2.24) is 4.90 Å². The number of phenolic OH excluding ortho intramolecular Hbond substituents is 1. The SMILES string of the molecule is Cc1ccc(C(=O)N2CCCCC2C)cc1O. The van der Waals surface area contributed by atoms with Crippen molar-refractivity contribution < 1.29 is 9.90 Å². The number of nitrogens with zero attached hydrogens (tertiary/aromatic N) is 1. The second kappa shape index (κ2) is 4.78. The molecule has 1 aromatic rings. The summed E-state index contributed by atoms with van der Waals surface area (Å²) in [5, 5.41) is 9.64. The summed E-state index contributed by atoms with van der Waals surface area (Å²) < 4.78 is 0. The van der Waals surface area contributed by atoms with Crippen LogP contribution in [0.5, 0.6) is 5.75 Å². The highest BCUT2D eigenvalue weighted by Gasteiger charge is 2.24. The number of phenols is 1. The van der Waals surface area contributed by atoms with Gasteiger partial charge in [0.2, 0.25) is 0 Å². The Morgan fingerprint density at radius 3 is 2.82 bits per heavy atom. The summed E-state index contributed by atoms with van der Waals surface area (Å²) in [5.74, 6) is 0.230. The molecule has 0 bridgehead atoms. The van der Waals surface area contributed by atoms with Crippen molar-refractivity contribution in [3.05, 3.63) is 29.3 Å². The highest BCUT2D eigenvalue weighted by molar-refractivity contribution is 5.95. The lowest BCUT2D eigenvalue weighted by Gasteiger charge is -2.33. The number of aromatic hydroxyl groups is 1. The Hall–Kier alpha value is -1.51. The van der Waals surface area contributed by atoms with Crippen LogP contribution in [0.1, 0.15) is 42.1 Å². The van der Waals surface area contributed by atoms with Gasteiger partial charge in [-0.2, -0.15) is 0 Å². The largest absolute Gasteiger partial charge is 0.508 e. The van der Waals surface area contributed by atoms with E-state index in [1.54, 1.807) is 18.2 Å². The van der Waals surface area contributed by atoms with Crippen LogP contribution in [0.4, 0.5) is 0 Å². The van der Waals surface area contributed by atoms with Gasteiger partial charge in [0.1, 0.15) is 5.75 Å². The standard InChI is InChI=1S/C14H19NO2/c1-10-6-7-12(9-13(10)16)14(17)15-8-4-3-5-11(15)2/h6-7,9,11,16H,3-5,8H2,1-2H3. The van der Waals surface area contributed by atoms with E-state index < -0.39 is 0 Å². The summed E-state index contributed by atoms with van der Waals surface area (Å²) in [7, 11) is 0. The summed E-state index contributed by atoms with van der Waals surface area (Å²) in [6.07, 6.45) is 3.35. The van der Waals surface area contributed by atoms with E-state index in [1.165, 1.54) is 6.42 Å². The molecule has 1 atom stereocenters. The average Bonchev–Trinajstić information content (AvgIpc) is 2.32. The van der Waals surface area contributed by atoms with E-state index >= 15 is 0 Å². The number of carbonyl (C=O) groups is 1. The summed E-state index contributed by atoms with van der Waals surface area (Å²) in [5.41, 5.74) is 1.38. The fraction of sp³-hybridized carbons (Fsp3) is 0.500.